The van der Waals surface area contributed by atoms with Gasteiger partial charge in [-0.05, 0) is 30.7 Å². The number of hydrogen-bond acceptors (Lipinski definition) is 5. The zero-order valence-electron chi connectivity index (χ0n) is 15.6. The first-order chi connectivity index (χ1) is 13.8. The number of aromatic amines is 1. The number of nitrogens with zero attached hydrogens (tertiary/aromatic N) is 3. The molecule has 2 aromatic heterocycles. The molecule has 4 aromatic rings. The van der Waals surface area contributed by atoms with E-state index in [4.69, 9.17) is 9.84 Å². The number of thioether (sulfide) groups is 1. The Morgan fingerprint density at radius 1 is 1.11 bits per heavy atom. The van der Waals surface area contributed by atoms with E-state index in [0.717, 1.165) is 38.9 Å². The van der Waals surface area contributed by atoms with Gasteiger partial charge in [0.15, 0.2) is 11.0 Å². The molecule has 2 heterocycles. The van der Waals surface area contributed by atoms with Gasteiger partial charge in [0.2, 0.25) is 0 Å². The molecule has 0 aliphatic heterocycles. The number of aromatic nitrogens is 4. The van der Waals surface area contributed by atoms with Gasteiger partial charge in [-0.1, -0.05) is 42.1 Å². The highest BCUT2D eigenvalue weighted by Gasteiger charge is 2.18. The fourth-order valence-corrected chi connectivity index (χ4v) is 3.96. The third-order valence-corrected chi connectivity index (χ3v) is 5.31. The summed E-state index contributed by atoms with van der Waals surface area (Å²) in [4.78, 5) is 3.32. The SMILES string of the molecule is Cc1cccc(-n2c(SCCOCCO)nnc2-c2c[nH]c3ccccc23)c1. The summed E-state index contributed by atoms with van der Waals surface area (Å²) in [5.74, 6) is 1.54. The smallest absolute Gasteiger partial charge is 0.196 e. The van der Waals surface area contributed by atoms with Gasteiger partial charge in [0, 0.05) is 34.1 Å². The van der Waals surface area contributed by atoms with Crippen molar-refractivity contribution in [1.82, 2.24) is 19.7 Å². The first kappa shape index (κ1) is 18.7. The Kier molecular flexibility index (Phi) is 5.76. The Balaban J connectivity index is 1.74. The highest BCUT2D eigenvalue weighted by molar-refractivity contribution is 7.99. The summed E-state index contributed by atoms with van der Waals surface area (Å²) < 4.78 is 7.47. The lowest BCUT2D eigenvalue weighted by molar-refractivity contribution is 0.103. The predicted octanol–water partition coefficient (Wildman–Crippen LogP) is 3.83. The van der Waals surface area contributed by atoms with Crippen LogP contribution in [0.5, 0.6) is 0 Å². The van der Waals surface area contributed by atoms with Crippen LogP contribution < -0.4 is 0 Å². The van der Waals surface area contributed by atoms with E-state index in [1.54, 1.807) is 11.8 Å². The van der Waals surface area contributed by atoms with Crippen LogP contribution >= 0.6 is 11.8 Å². The summed E-state index contributed by atoms with van der Waals surface area (Å²) in [6.07, 6.45) is 1.99. The molecule has 0 amide bonds. The third-order valence-electron chi connectivity index (χ3n) is 4.42. The molecule has 0 unspecified atom stereocenters. The third kappa shape index (κ3) is 3.82. The normalized spacial score (nSPS) is 11.4. The maximum Gasteiger partial charge on any atom is 0.196 e. The Bertz CT molecular complexity index is 1070. The van der Waals surface area contributed by atoms with Crippen LogP contribution in [0.2, 0.25) is 0 Å². The zero-order valence-corrected chi connectivity index (χ0v) is 16.4. The summed E-state index contributed by atoms with van der Waals surface area (Å²) in [5, 5.41) is 19.8. The molecule has 28 heavy (non-hydrogen) atoms. The molecule has 0 atom stereocenters. The number of para-hydroxylation sites is 1. The van der Waals surface area contributed by atoms with E-state index >= 15 is 0 Å². The summed E-state index contributed by atoms with van der Waals surface area (Å²) in [5.41, 5.74) is 4.30. The van der Waals surface area contributed by atoms with Crippen molar-refractivity contribution in [3.63, 3.8) is 0 Å². The molecule has 6 nitrogen and oxygen atoms in total. The lowest BCUT2D eigenvalue weighted by Crippen LogP contribution is -2.04. The van der Waals surface area contributed by atoms with Gasteiger partial charge in [-0.2, -0.15) is 0 Å². The molecule has 0 bridgehead atoms. The second-order valence-corrected chi connectivity index (χ2v) is 7.48. The van der Waals surface area contributed by atoms with Crippen LogP contribution in [-0.2, 0) is 4.74 Å². The van der Waals surface area contributed by atoms with Crippen molar-refractivity contribution in [3.05, 3.63) is 60.3 Å². The summed E-state index contributed by atoms with van der Waals surface area (Å²) in [6.45, 7) is 3.02. The highest BCUT2D eigenvalue weighted by Crippen LogP contribution is 2.32. The van der Waals surface area contributed by atoms with Crippen molar-refractivity contribution in [2.24, 2.45) is 0 Å². The molecule has 144 valence electrons. The van der Waals surface area contributed by atoms with Gasteiger partial charge < -0.3 is 14.8 Å². The Morgan fingerprint density at radius 3 is 2.86 bits per heavy atom. The molecule has 0 radical (unpaired) electrons. The van der Waals surface area contributed by atoms with E-state index in [0.29, 0.717) is 13.2 Å². The predicted molar refractivity (Wildman–Crippen MR) is 112 cm³/mol. The van der Waals surface area contributed by atoms with E-state index in [9.17, 15) is 0 Å². The number of ether oxygens (including phenoxy) is 1. The second-order valence-electron chi connectivity index (χ2n) is 6.41. The minimum atomic E-state index is 0.0366. The van der Waals surface area contributed by atoms with Crippen molar-refractivity contribution >= 4 is 22.7 Å². The van der Waals surface area contributed by atoms with Crippen LogP contribution in [-0.4, -0.2) is 50.4 Å². The van der Waals surface area contributed by atoms with E-state index in [1.165, 1.54) is 5.56 Å². The van der Waals surface area contributed by atoms with Gasteiger partial charge in [-0.25, -0.2) is 0 Å². The van der Waals surface area contributed by atoms with E-state index in [1.807, 2.05) is 24.4 Å². The largest absolute Gasteiger partial charge is 0.394 e. The molecule has 4 rings (SSSR count). The average Bonchev–Trinajstić information content (AvgIpc) is 3.31. The van der Waals surface area contributed by atoms with Gasteiger partial charge >= 0.3 is 0 Å². The van der Waals surface area contributed by atoms with Gasteiger partial charge in [0.05, 0.1) is 19.8 Å². The van der Waals surface area contributed by atoms with Crippen LogP contribution in [0, 0.1) is 6.92 Å². The lowest BCUT2D eigenvalue weighted by Gasteiger charge is -2.11. The molecule has 0 aliphatic carbocycles. The van der Waals surface area contributed by atoms with Crippen LogP contribution in [0.15, 0.2) is 59.9 Å². The molecular formula is C21H22N4O2S. The number of H-pyrrole nitrogens is 1. The van der Waals surface area contributed by atoms with Crippen molar-refractivity contribution in [1.29, 1.82) is 0 Å². The molecular weight excluding hydrogens is 372 g/mol. The van der Waals surface area contributed by atoms with Crippen molar-refractivity contribution < 1.29 is 9.84 Å². The molecule has 2 aromatic carbocycles. The van der Waals surface area contributed by atoms with Crippen LogP contribution in [0.4, 0.5) is 0 Å². The van der Waals surface area contributed by atoms with Gasteiger partial charge in [-0.3, -0.25) is 4.57 Å². The van der Waals surface area contributed by atoms with E-state index in [2.05, 4.69) is 57.0 Å². The average molecular weight is 395 g/mol. The van der Waals surface area contributed by atoms with E-state index < -0.39 is 0 Å². The van der Waals surface area contributed by atoms with E-state index in [-0.39, 0.29) is 6.61 Å². The number of aliphatic hydroxyl groups excluding tert-OH is 1. The van der Waals surface area contributed by atoms with Crippen molar-refractivity contribution in [3.8, 4) is 17.1 Å². The summed E-state index contributed by atoms with van der Waals surface area (Å²) in [7, 11) is 0. The number of fused-ring (bicyclic) bond motifs is 1. The molecule has 7 heteroatoms. The fraction of sp³-hybridized carbons (Fsp3) is 0.238. The quantitative estimate of drug-likeness (QED) is 0.351. The fourth-order valence-electron chi connectivity index (χ4n) is 3.15. The molecule has 0 saturated carbocycles. The molecule has 0 spiro atoms. The standard InChI is InChI=1S/C21H22N4O2S/c1-15-5-4-6-16(13-15)25-20(18-14-22-19-8-3-2-7-17(18)19)23-24-21(25)28-12-11-27-10-9-26/h2-8,13-14,22,26H,9-12H2,1H3. The number of aliphatic hydroxyl groups is 1. The molecule has 0 aliphatic rings. The van der Waals surface area contributed by atoms with Crippen LogP contribution in [0.3, 0.4) is 0 Å². The summed E-state index contributed by atoms with van der Waals surface area (Å²) >= 11 is 1.59. The first-order valence-corrected chi connectivity index (χ1v) is 10.2. The first-order valence-electron chi connectivity index (χ1n) is 9.18. The highest BCUT2D eigenvalue weighted by atomic mass is 32.2. The zero-order chi connectivity index (χ0) is 19.3. The monoisotopic (exact) mass is 394 g/mol. The van der Waals surface area contributed by atoms with Gasteiger partial charge in [-0.15, -0.1) is 10.2 Å². The molecule has 0 saturated heterocycles. The molecule has 0 fully saturated rings. The maximum absolute atomic E-state index is 8.84. The number of benzene rings is 2. The number of rotatable bonds is 8. The minimum absolute atomic E-state index is 0.0366. The van der Waals surface area contributed by atoms with Gasteiger partial charge in [0.1, 0.15) is 0 Å². The Labute approximate surface area is 167 Å². The Morgan fingerprint density at radius 2 is 2.00 bits per heavy atom. The number of hydrogen-bond donors (Lipinski definition) is 2. The van der Waals surface area contributed by atoms with Crippen molar-refractivity contribution in [2.45, 2.75) is 12.1 Å². The maximum atomic E-state index is 8.84. The second kappa shape index (κ2) is 8.60. The van der Waals surface area contributed by atoms with Crippen LogP contribution in [0.1, 0.15) is 5.56 Å². The minimum Gasteiger partial charge on any atom is -0.394 e. The Hall–Kier alpha value is -2.61. The molecule has 2 N–H and O–H groups in total. The lowest BCUT2D eigenvalue weighted by atomic mass is 10.1. The van der Waals surface area contributed by atoms with Crippen LogP contribution in [0.25, 0.3) is 28.0 Å². The van der Waals surface area contributed by atoms with Gasteiger partial charge in [0.25, 0.3) is 0 Å². The number of aryl methyl sites for hydroxylation is 1. The van der Waals surface area contributed by atoms with Crippen molar-refractivity contribution in [2.75, 3.05) is 25.6 Å². The number of nitrogens with one attached hydrogen (secondary N) is 1. The topological polar surface area (TPSA) is 76.0 Å². The summed E-state index contributed by atoms with van der Waals surface area (Å²) in [6, 6.07) is 16.5.